The number of hydrogen-bond acceptors (Lipinski definition) is 3. The average Bonchev–Trinajstić information content (AvgIpc) is 2.51. The van der Waals surface area contributed by atoms with Gasteiger partial charge in [0.2, 0.25) is 5.91 Å². The number of carbonyl (C=O) groups is 2. The topological polar surface area (TPSA) is 55.4 Å². The molecule has 0 radical (unpaired) electrons. The van der Waals surface area contributed by atoms with Crippen molar-refractivity contribution in [3.8, 4) is 5.75 Å². The summed E-state index contributed by atoms with van der Waals surface area (Å²) in [5.41, 5.74) is 0. The second-order valence-electron chi connectivity index (χ2n) is 5.08. The molecule has 0 aromatic heterocycles. The van der Waals surface area contributed by atoms with Crippen molar-refractivity contribution < 1.29 is 14.3 Å². The number of ether oxygens (including phenoxy) is 1. The van der Waals surface area contributed by atoms with Gasteiger partial charge in [-0.25, -0.2) is 0 Å². The first-order valence-electron chi connectivity index (χ1n) is 7.68. The lowest BCUT2D eigenvalue weighted by Crippen LogP contribution is -2.31. The Morgan fingerprint density at radius 3 is 2.48 bits per heavy atom. The van der Waals surface area contributed by atoms with Gasteiger partial charge in [-0.3, -0.25) is 9.59 Å². The van der Waals surface area contributed by atoms with Gasteiger partial charge in [-0.15, -0.1) is 0 Å². The van der Waals surface area contributed by atoms with Crippen molar-refractivity contribution in [2.75, 3.05) is 13.2 Å². The molecule has 1 amide bonds. The number of amides is 1. The van der Waals surface area contributed by atoms with Crippen molar-refractivity contribution in [2.45, 2.75) is 45.4 Å². The second-order valence-corrected chi connectivity index (χ2v) is 5.08. The number of Topliss-reactive ketones (excluding diaryl/α,β-unsaturated/α-hetero) is 1. The molecule has 0 aliphatic rings. The van der Waals surface area contributed by atoms with E-state index in [2.05, 4.69) is 12.2 Å². The van der Waals surface area contributed by atoms with E-state index < -0.39 is 0 Å². The monoisotopic (exact) mass is 291 g/mol. The lowest BCUT2D eigenvalue weighted by atomic mass is 10.1. The molecule has 4 heteroatoms. The predicted octanol–water partition coefficient (Wildman–Crippen LogP) is 3.11. The predicted molar refractivity (Wildman–Crippen MR) is 83.3 cm³/mol. The number of benzene rings is 1. The normalized spacial score (nSPS) is 10.1. The highest BCUT2D eigenvalue weighted by atomic mass is 16.5. The summed E-state index contributed by atoms with van der Waals surface area (Å²) in [6.07, 6.45) is 6.05. The minimum absolute atomic E-state index is 0.0131. The second kappa shape index (κ2) is 10.9. The van der Waals surface area contributed by atoms with Crippen molar-refractivity contribution >= 4 is 11.7 Å². The summed E-state index contributed by atoms with van der Waals surface area (Å²) in [5.74, 6) is 0.478. The van der Waals surface area contributed by atoms with Crippen LogP contribution in [0.5, 0.6) is 5.75 Å². The summed E-state index contributed by atoms with van der Waals surface area (Å²) < 4.78 is 5.32. The van der Waals surface area contributed by atoms with Crippen LogP contribution >= 0.6 is 0 Å². The van der Waals surface area contributed by atoms with Gasteiger partial charge in [-0.1, -0.05) is 50.8 Å². The molecule has 21 heavy (non-hydrogen) atoms. The molecule has 1 N–H and O–H groups in total. The van der Waals surface area contributed by atoms with E-state index in [1.54, 1.807) is 12.1 Å². The Balaban J connectivity index is 2.05. The number of nitrogens with one attached hydrogen (secondary N) is 1. The molecular weight excluding hydrogens is 266 g/mol. The summed E-state index contributed by atoms with van der Waals surface area (Å²) in [6, 6.07) is 9.17. The lowest BCUT2D eigenvalue weighted by molar-refractivity contribution is -0.126. The van der Waals surface area contributed by atoms with Crippen LogP contribution in [0.25, 0.3) is 0 Å². The zero-order chi connectivity index (χ0) is 15.3. The highest BCUT2D eigenvalue weighted by Crippen LogP contribution is 2.07. The fourth-order valence-electron chi connectivity index (χ4n) is 1.91. The molecule has 116 valence electrons. The zero-order valence-electron chi connectivity index (χ0n) is 12.8. The molecule has 4 nitrogen and oxygen atoms in total. The van der Waals surface area contributed by atoms with Crippen LogP contribution in [0.2, 0.25) is 0 Å². The van der Waals surface area contributed by atoms with E-state index >= 15 is 0 Å². The Kier molecular flexibility index (Phi) is 8.93. The van der Waals surface area contributed by atoms with Gasteiger partial charge in [-0.2, -0.15) is 0 Å². The van der Waals surface area contributed by atoms with Crippen LogP contribution in [-0.4, -0.2) is 24.8 Å². The third-order valence-electron chi connectivity index (χ3n) is 3.13. The van der Waals surface area contributed by atoms with Gasteiger partial charge in [0.25, 0.3) is 0 Å². The number of carbonyl (C=O) groups excluding carboxylic acids is 2. The third-order valence-corrected chi connectivity index (χ3v) is 3.13. The first kappa shape index (κ1) is 17.2. The highest BCUT2D eigenvalue weighted by Gasteiger charge is 2.06. The number of rotatable bonds is 11. The molecular formula is C17H25NO3. The van der Waals surface area contributed by atoms with E-state index in [0.29, 0.717) is 12.2 Å². The van der Waals surface area contributed by atoms with Crippen molar-refractivity contribution in [1.82, 2.24) is 5.32 Å². The highest BCUT2D eigenvalue weighted by molar-refractivity contribution is 5.86. The Morgan fingerprint density at radius 1 is 1.05 bits per heavy atom. The van der Waals surface area contributed by atoms with Crippen LogP contribution in [0.15, 0.2) is 30.3 Å². The Labute approximate surface area is 126 Å². The standard InChI is InChI=1S/C17H25NO3/c1-2-3-4-5-9-12-17(20)18-13-15(19)14-21-16-10-7-6-8-11-16/h6-8,10-11H,2-5,9,12-14H2,1H3,(H,18,20). The van der Waals surface area contributed by atoms with Crippen LogP contribution in [0.3, 0.4) is 0 Å². The first-order chi connectivity index (χ1) is 10.2. The molecule has 0 saturated heterocycles. The first-order valence-corrected chi connectivity index (χ1v) is 7.68. The van der Waals surface area contributed by atoms with Crippen LogP contribution in [0.1, 0.15) is 45.4 Å². The average molecular weight is 291 g/mol. The molecule has 0 bridgehead atoms. The SMILES string of the molecule is CCCCCCCC(=O)NCC(=O)COc1ccccc1. The number of para-hydroxylation sites is 1. The Hall–Kier alpha value is -1.84. The fraction of sp³-hybridized carbons (Fsp3) is 0.529. The van der Waals surface area contributed by atoms with Gasteiger partial charge in [0.05, 0.1) is 6.54 Å². The maximum Gasteiger partial charge on any atom is 0.220 e. The van der Waals surface area contributed by atoms with E-state index in [0.717, 1.165) is 12.8 Å². The molecule has 0 aliphatic heterocycles. The Morgan fingerprint density at radius 2 is 1.76 bits per heavy atom. The number of unbranched alkanes of at least 4 members (excludes halogenated alkanes) is 4. The van der Waals surface area contributed by atoms with Crippen molar-refractivity contribution in [3.05, 3.63) is 30.3 Å². The van der Waals surface area contributed by atoms with Crippen LogP contribution in [0.4, 0.5) is 0 Å². The van der Waals surface area contributed by atoms with Gasteiger partial charge < -0.3 is 10.1 Å². The van der Waals surface area contributed by atoms with E-state index in [4.69, 9.17) is 4.74 Å². The quantitative estimate of drug-likeness (QED) is 0.637. The summed E-state index contributed by atoms with van der Waals surface area (Å²) in [5, 5.41) is 2.64. The molecule has 0 spiro atoms. The molecule has 0 heterocycles. The summed E-state index contributed by atoms with van der Waals surface area (Å²) in [6.45, 7) is 2.19. The van der Waals surface area contributed by atoms with E-state index in [9.17, 15) is 9.59 Å². The van der Waals surface area contributed by atoms with Crippen LogP contribution in [-0.2, 0) is 9.59 Å². The minimum Gasteiger partial charge on any atom is -0.486 e. The van der Waals surface area contributed by atoms with Gasteiger partial charge in [0.15, 0.2) is 5.78 Å². The van der Waals surface area contributed by atoms with Gasteiger partial charge in [0, 0.05) is 6.42 Å². The number of hydrogen-bond donors (Lipinski definition) is 1. The van der Waals surface area contributed by atoms with E-state index in [1.165, 1.54) is 19.3 Å². The molecule has 0 aliphatic carbocycles. The molecule has 0 unspecified atom stereocenters. The van der Waals surface area contributed by atoms with Crippen LogP contribution in [0, 0.1) is 0 Å². The van der Waals surface area contributed by atoms with Crippen molar-refractivity contribution in [2.24, 2.45) is 0 Å². The van der Waals surface area contributed by atoms with Crippen molar-refractivity contribution in [1.29, 1.82) is 0 Å². The molecule has 1 aromatic carbocycles. The summed E-state index contributed by atoms with van der Waals surface area (Å²) in [7, 11) is 0. The molecule has 0 saturated carbocycles. The van der Waals surface area contributed by atoms with E-state index in [-0.39, 0.29) is 24.8 Å². The number of ketones is 1. The minimum atomic E-state index is -0.127. The summed E-state index contributed by atoms with van der Waals surface area (Å²) >= 11 is 0. The molecule has 1 rings (SSSR count). The smallest absolute Gasteiger partial charge is 0.220 e. The van der Waals surface area contributed by atoms with Crippen LogP contribution < -0.4 is 10.1 Å². The Bertz CT molecular complexity index is 417. The zero-order valence-corrected chi connectivity index (χ0v) is 12.8. The maximum atomic E-state index is 11.6. The van der Waals surface area contributed by atoms with Crippen molar-refractivity contribution in [3.63, 3.8) is 0 Å². The fourth-order valence-corrected chi connectivity index (χ4v) is 1.91. The molecule has 0 atom stereocenters. The molecule has 1 aromatic rings. The molecule has 0 fully saturated rings. The summed E-state index contributed by atoms with van der Waals surface area (Å²) in [4.78, 5) is 23.1. The largest absolute Gasteiger partial charge is 0.486 e. The third kappa shape index (κ3) is 8.84. The lowest BCUT2D eigenvalue weighted by Gasteiger charge is -2.06. The van der Waals surface area contributed by atoms with Gasteiger partial charge in [-0.05, 0) is 18.6 Å². The van der Waals surface area contributed by atoms with Gasteiger partial charge in [0.1, 0.15) is 12.4 Å². The maximum absolute atomic E-state index is 11.6. The van der Waals surface area contributed by atoms with E-state index in [1.807, 2.05) is 18.2 Å². The van der Waals surface area contributed by atoms with Gasteiger partial charge >= 0.3 is 0 Å².